The molecule has 3 heteroatoms. The third kappa shape index (κ3) is 4.41. The van der Waals surface area contributed by atoms with Gasteiger partial charge in [0.2, 0.25) is 0 Å². The molecule has 234 valence electrons. The quantitative estimate of drug-likeness (QED) is 0.184. The summed E-state index contributed by atoms with van der Waals surface area (Å²) in [5.74, 6) is 0. The molecule has 0 aliphatic heterocycles. The van der Waals surface area contributed by atoms with Gasteiger partial charge in [0.1, 0.15) is 0 Å². The lowest BCUT2D eigenvalue weighted by Crippen LogP contribution is -2.01. The lowest BCUT2D eigenvalue weighted by molar-refractivity contribution is 1.14. The molecular formula is C47H31N3. The molecule has 0 bridgehead atoms. The first kappa shape index (κ1) is 28.3. The van der Waals surface area contributed by atoms with Crippen molar-refractivity contribution in [3.05, 3.63) is 188 Å². The summed E-state index contributed by atoms with van der Waals surface area (Å²) < 4.78 is 4.94. The van der Waals surface area contributed by atoms with E-state index in [2.05, 4.69) is 197 Å². The fourth-order valence-electron chi connectivity index (χ4n) is 7.72. The van der Waals surface area contributed by atoms with E-state index in [0.29, 0.717) is 0 Å². The predicted octanol–water partition coefficient (Wildman–Crippen LogP) is 12.3. The number of para-hydroxylation sites is 3. The molecule has 0 saturated heterocycles. The number of rotatable bonds is 5. The Bertz CT molecular complexity index is 2770. The van der Waals surface area contributed by atoms with E-state index in [0.717, 1.165) is 39.4 Å². The van der Waals surface area contributed by atoms with Gasteiger partial charge < -0.3 is 9.13 Å². The van der Waals surface area contributed by atoms with Crippen LogP contribution in [0.5, 0.6) is 0 Å². The van der Waals surface area contributed by atoms with Gasteiger partial charge in [-0.25, -0.2) is 4.98 Å². The first-order valence-corrected chi connectivity index (χ1v) is 17.1. The van der Waals surface area contributed by atoms with E-state index >= 15 is 0 Å². The molecule has 3 heterocycles. The second-order valence-corrected chi connectivity index (χ2v) is 12.8. The van der Waals surface area contributed by atoms with Gasteiger partial charge in [-0.1, -0.05) is 146 Å². The maximum atomic E-state index is 5.25. The number of hydrogen-bond donors (Lipinski definition) is 0. The molecule has 0 aliphatic carbocycles. The standard InChI is InChI=1S/C47H31N3/c1-5-17-32(18-6-1)39-31-40-37-25-13-15-27-43(37)49(35-23-11-4-12-24-35)46(40)47-45(39)38-26-14-16-28-44(38)50(47)36-29-41(33-19-7-2-8-20-33)48-42(30-36)34-21-9-3-10-22-34/h1-31H. The van der Waals surface area contributed by atoms with Gasteiger partial charge in [0, 0.05) is 38.4 Å². The highest BCUT2D eigenvalue weighted by molar-refractivity contribution is 6.28. The lowest BCUT2D eigenvalue weighted by atomic mass is 9.96. The highest BCUT2D eigenvalue weighted by atomic mass is 15.0. The fraction of sp³-hybridized carbons (Fsp3) is 0. The Morgan fingerprint density at radius 1 is 0.340 bits per heavy atom. The van der Waals surface area contributed by atoms with E-state index in [1.165, 1.54) is 49.2 Å². The van der Waals surface area contributed by atoms with Crippen molar-refractivity contribution in [2.24, 2.45) is 0 Å². The van der Waals surface area contributed by atoms with Crippen molar-refractivity contribution < 1.29 is 0 Å². The van der Waals surface area contributed by atoms with Gasteiger partial charge in [-0.2, -0.15) is 0 Å². The zero-order valence-electron chi connectivity index (χ0n) is 27.2. The highest BCUT2D eigenvalue weighted by Gasteiger charge is 2.25. The molecule has 0 atom stereocenters. The average molecular weight is 638 g/mol. The van der Waals surface area contributed by atoms with E-state index in [4.69, 9.17) is 4.98 Å². The van der Waals surface area contributed by atoms with Crippen molar-refractivity contribution in [2.45, 2.75) is 0 Å². The molecule has 0 amide bonds. The number of benzene rings is 7. The maximum Gasteiger partial charge on any atom is 0.0795 e. The summed E-state index contributed by atoms with van der Waals surface area (Å²) in [7, 11) is 0. The molecule has 0 aliphatic rings. The van der Waals surface area contributed by atoms with Crippen LogP contribution in [-0.4, -0.2) is 14.1 Å². The van der Waals surface area contributed by atoms with Gasteiger partial charge >= 0.3 is 0 Å². The van der Waals surface area contributed by atoms with Crippen LogP contribution in [0.3, 0.4) is 0 Å². The van der Waals surface area contributed by atoms with Crippen LogP contribution in [0, 0.1) is 0 Å². The lowest BCUT2D eigenvalue weighted by Gasteiger charge is -2.16. The minimum absolute atomic E-state index is 0.937. The second kappa shape index (κ2) is 11.5. The topological polar surface area (TPSA) is 22.8 Å². The average Bonchev–Trinajstić information content (AvgIpc) is 3.72. The first-order valence-electron chi connectivity index (χ1n) is 17.1. The normalized spacial score (nSPS) is 11.6. The summed E-state index contributed by atoms with van der Waals surface area (Å²) in [6.45, 7) is 0. The highest BCUT2D eigenvalue weighted by Crippen LogP contribution is 2.46. The number of pyridine rings is 1. The maximum absolute atomic E-state index is 5.25. The van der Waals surface area contributed by atoms with Crippen LogP contribution in [0.25, 0.3) is 88.6 Å². The van der Waals surface area contributed by atoms with E-state index in [9.17, 15) is 0 Å². The zero-order chi connectivity index (χ0) is 33.0. The van der Waals surface area contributed by atoms with Gasteiger partial charge in [0.15, 0.2) is 0 Å². The van der Waals surface area contributed by atoms with Crippen LogP contribution < -0.4 is 0 Å². The molecular weight excluding hydrogens is 607 g/mol. The molecule has 0 radical (unpaired) electrons. The van der Waals surface area contributed by atoms with Gasteiger partial charge in [-0.05, 0) is 53.6 Å². The summed E-state index contributed by atoms with van der Waals surface area (Å²) in [4.78, 5) is 5.25. The van der Waals surface area contributed by atoms with Crippen LogP contribution in [0.1, 0.15) is 0 Å². The molecule has 0 saturated carbocycles. The summed E-state index contributed by atoms with van der Waals surface area (Å²) in [5, 5.41) is 4.90. The van der Waals surface area contributed by atoms with Gasteiger partial charge in [0.05, 0.1) is 39.1 Å². The summed E-state index contributed by atoms with van der Waals surface area (Å²) in [6.07, 6.45) is 0. The molecule has 50 heavy (non-hydrogen) atoms. The fourth-order valence-corrected chi connectivity index (χ4v) is 7.72. The third-order valence-electron chi connectivity index (χ3n) is 9.88. The van der Waals surface area contributed by atoms with Crippen molar-refractivity contribution in [3.63, 3.8) is 0 Å². The van der Waals surface area contributed by atoms with Gasteiger partial charge in [0.25, 0.3) is 0 Å². The Kier molecular flexibility index (Phi) is 6.49. The Morgan fingerprint density at radius 2 is 0.800 bits per heavy atom. The Hall–Kier alpha value is -6.71. The van der Waals surface area contributed by atoms with Gasteiger partial charge in [-0.3, -0.25) is 0 Å². The molecule has 10 rings (SSSR count). The Morgan fingerprint density at radius 3 is 1.40 bits per heavy atom. The van der Waals surface area contributed by atoms with E-state index < -0.39 is 0 Å². The summed E-state index contributed by atoms with van der Waals surface area (Å²) in [6, 6.07) is 67.2. The van der Waals surface area contributed by atoms with Crippen molar-refractivity contribution in [2.75, 3.05) is 0 Å². The number of nitrogens with zero attached hydrogens (tertiary/aromatic N) is 3. The SMILES string of the molecule is c1ccc(-c2cc(-n3c4ccccc4c4c(-c5ccccc5)cc5c6ccccc6n(-c6ccccc6)c5c43)cc(-c3ccccc3)n2)cc1. The summed E-state index contributed by atoms with van der Waals surface area (Å²) in [5.41, 5.74) is 13.4. The van der Waals surface area contributed by atoms with Crippen LogP contribution in [0.4, 0.5) is 0 Å². The third-order valence-corrected chi connectivity index (χ3v) is 9.88. The summed E-state index contributed by atoms with van der Waals surface area (Å²) >= 11 is 0. The smallest absolute Gasteiger partial charge is 0.0795 e. The second-order valence-electron chi connectivity index (χ2n) is 12.8. The van der Waals surface area contributed by atoms with Crippen molar-refractivity contribution >= 4 is 43.6 Å². The van der Waals surface area contributed by atoms with Crippen LogP contribution in [0.15, 0.2) is 188 Å². The monoisotopic (exact) mass is 637 g/mol. The number of fused-ring (bicyclic) bond motifs is 7. The molecule has 0 unspecified atom stereocenters. The van der Waals surface area contributed by atoms with Crippen molar-refractivity contribution in [3.8, 4) is 45.0 Å². The van der Waals surface area contributed by atoms with E-state index in [1.807, 2.05) is 0 Å². The number of aromatic nitrogens is 3. The van der Waals surface area contributed by atoms with Crippen molar-refractivity contribution in [1.82, 2.24) is 14.1 Å². The molecule has 3 nitrogen and oxygen atoms in total. The van der Waals surface area contributed by atoms with Crippen LogP contribution in [-0.2, 0) is 0 Å². The number of hydrogen-bond acceptors (Lipinski definition) is 1. The van der Waals surface area contributed by atoms with E-state index in [-0.39, 0.29) is 0 Å². The van der Waals surface area contributed by atoms with E-state index in [1.54, 1.807) is 0 Å². The molecule has 0 N–H and O–H groups in total. The van der Waals surface area contributed by atoms with Crippen LogP contribution >= 0.6 is 0 Å². The Balaban J connectivity index is 1.45. The minimum atomic E-state index is 0.937. The largest absolute Gasteiger partial charge is 0.307 e. The molecule has 10 aromatic rings. The molecule has 7 aromatic carbocycles. The predicted molar refractivity (Wildman–Crippen MR) is 209 cm³/mol. The van der Waals surface area contributed by atoms with Crippen LogP contribution in [0.2, 0.25) is 0 Å². The Labute approximate surface area is 290 Å². The molecule has 3 aromatic heterocycles. The van der Waals surface area contributed by atoms with Crippen molar-refractivity contribution in [1.29, 1.82) is 0 Å². The zero-order valence-corrected chi connectivity index (χ0v) is 27.2. The minimum Gasteiger partial charge on any atom is -0.307 e. The van der Waals surface area contributed by atoms with Gasteiger partial charge in [-0.15, -0.1) is 0 Å². The first-order chi connectivity index (χ1) is 24.8. The molecule has 0 spiro atoms. The molecule has 0 fully saturated rings.